The van der Waals surface area contributed by atoms with Crippen molar-refractivity contribution in [3.63, 3.8) is 0 Å². The Labute approximate surface area is 229 Å². The number of urea groups is 1. The summed E-state index contributed by atoms with van der Waals surface area (Å²) in [6, 6.07) is 10.7. The lowest BCUT2D eigenvalue weighted by atomic mass is 9.89. The van der Waals surface area contributed by atoms with Crippen LogP contribution in [0.25, 0.3) is 16.6 Å². The summed E-state index contributed by atoms with van der Waals surface area (Å²) in [5.74, 6) is 1.02. The van der Waals surface area contributed by atoms with Crippen LogP contribution in [0.1, 0.15) is 51.0 Å². The van der Waals surface area contributed by atoms with Crippen molar-refractivity contribution < 1.29 is 14.7 Å². The molecule has 0 spiro atoms. The summed E-state index contributed by atoms with van der Waals surface area (Å²) < 4.78 is 2.21. The number of nitrogens with zero attached hydrogens (tertiary/aromatic N) is 4. The van der Waals surface area contributed by atoms with Gasteiger partial charge >= 0.3 is 6.03 Å². The molecule has 204 valence electrons. The quantitative estimate of drug-likeness (QED) is 0.424. The largest absolute Gasteiger partial charge is 0.483 e. The van der Waals surface area contributed by atoms with Gasteiger partial charge in [-0.2, -0.15) is 0 Å². The number of carbonyl (C=O) groups excluding carboxylic acids is 1. The molecule has 0 atom stereocenters. The molecule has 2 aliphatic rings. The van der Waals surface area contributed by atoms with Crippen LogP contribution in [0.5, 0.6) is 0 Å². The van der Waals surface area contributed by atoms with E-state index in [0.29, 0.717) is 17.9 Å². The smallest absolute Gasteiger partial charge is 0.317 e. The van der Waals surface area contributed by atoms with E-state index in [-0.39, 0.29) is 12.5 Å². The molecule has 2 amide bonds. The lowest BCUT2D eigenvalue weighted by Crippen LogP contribution is -2.47. The molecule has 2 N–H and O–H groups in total. The molecule has 8 nitrogen and oxygen atoms in total. The number of amides is 2. The van der Waals surface area contributed by atoms with E-state index in [1.54, 1.807) is 0 Å². The van der Waals surface area contributed by atoms with Gasteiger partial charge in [0.15, 0.2) is 0 Å². The topological polar surface area (TPSA) is 90.7 Å². The van der Waals surface area contributed by atoms with Crippen LogP contribution in [-0.2, 0) is 4.79 Å². The zero-order chi connectivity index (χ0) is 27.1. The molecule has 9 heteroatoms. The van der Waals surface area contributed by atoms with Gasteiger partial charge in [-0.1, -0.05) is 11.6 Å². The van der Waals surface area contributed by atoms with E-state index in [0.717, 1.165) is 61.8 Å². The van der Waals surface area contributed by atoms with Crippen LogP contribution in [0, 0.1) is 5.92 Å². The van der Waals surface area contributed by atoms with Crippen LogP contribution >= 0.6 is 11.6 Å². The van der Waals surface area contributed by atoms with Gasteiger partial charge < -0.3 is 24.8 Å². The number of hydrogen-bond acceptors (Lipinski definition) is 4. The maximum absolute atomic E-state index is 12.9. The Bertz CT molecular complexity index is 1200. The number of piperidine rings is 2. The molecule has 2 aliphatic heterocycles. The maximum atomic E-state index is 12.9. The molecule has 38 heavy (non-hydrogen) atoms. The first-order chi connectivity index (χ1) is 18.4. The maximum Gasteiger partial charge on any atom is 0.317 e. The summed E-state index contributed by atoms with van der Waals surface area (Å²) in [5.41, 5.74) is 3.53. The number of nitrogens with one attached hydrogen (secondary N) is 1. The molecule has 0 unspecified atom stereocenters. The summed E-state index contributed by atoms with van der Waals surface area (Å²) >= 11 is 6.11. The second-order valence-corrected chi connectivity index (χ2v) is 10.9. The Kier molecular flexibility index (Phi) is 9.63. The third-order valence-corrected chi connectivity index (χ3v) is 8.14. The van der Waals surface area contributed by atoms with Gasteiger partial charge in [-0.3, -0.25) is 9.78 Å². The van der Waals surface area contributed by atoms with Gasteiger partial charge in [0.25, 0.3) is 6.47 Å². The summed E-state index contributed by atoms with van der Waals surface area (Å²) in [7, 11) is 0. The van der Waals surface area contributed by atoms with E-state index in [9.17, 15) is 4.79 Å². The average Bonchev–Trinajstić information content (AvgIpc) is 3.33. The minimum absolute atomic E-state index is 0.0996. The second-order valence-electron chi connectivity index (χ2n) is 10.4. The molecular weight excluding hydrogens is 502 g/mol. The normalized spacial score (nSPS) is 17.3. The van der Waals surface area contributed by atoms with Crippen molar-refractivity contribution in [3.05, 3.63) is 59.5 Å². The fourth-order valence-corrected chi connectivity index (χ4v) is 5.78. The molecule has 0 bridgehead atoms. The highest BCUT2D eigenvalue weighted by atomic mass is 35.5. The third-order valence-electron chi connectivity index (χ3n) is 7.89. The van der Waals surface area contributed by atoms with Crippen LogP contribution in [-0.4, -0.2) is 75.7 Å². The molecule has 2 fully saturated rings. The number of pyridine rings is 1. The van der Waals surface area contributed by atoms with Crippen molar-refractivity contribution in [2.75, 3.05) is 32.7 Å². The number of fused-ring (bicyclic) bond motifs is 1. The first-order valence-corrected chi connectivity index (χ1v) is 13.8. The summed E-state index contributed by atoms with van der Waals surface area (Å²) in [5, 5.41) is 12.1. The monoisotopic (exact) mass is 539 g/mol. The molecule has 0 saturated carbocycles. The fourth-order valence-electron chi connectivity index (χ4n) is 5.65. The number of aromatic nitrogens is 2. The van der Waals surface area contributed by atoms with Gasteiger partial charge in [-0.25, -0.2) is 4.79 Å². The summed E-state index contributed by atoms with van der Waals surface area (Å²) in [4.78, 5) is 30.1. The van der Waals surface area contributed by atoms with Crippen molar-refractivity contribution in [3.8, 4) is 5.69 Å². The minimum atomic E-state index is -0.250. The molecule has 0 radical (unpaired) electrons. The number of likely N-dealkylation sites (tertiary alicyclic amines) is 2. The van der Waals surface area contributed by atoms with E-state index in [1.165, 1.54) is 23.8 Å². The van der Waals surface area contributed by atoms with E-state index >= 15 is 0 Å². The first kappa shape index (κ1) is 27.9. The second kappa shape index (κ2) is 13.1. The minimum Gasteiger partial charge on any atom is -0.483 e. The van der Waals surface area contributed by atoms with Gasteiger partial charge in [0.2, 0.25) is 0 Å². The van der Waals surface area contributed by atoms with E-state index in [1.807, 2.05) is 41.6 Å². The molecular formula is C29H38ClN5O3. The Morgan fingerprint density at radius 3 is 2.39 bits per heavy atom. The van der Waals surface area contributed by atoms with Crippen molar-refractivity contribution >= 4 is 35.0 Å². The van der Waals surface area contributed by atoms with Crippen LogP contribution in [0.2, 0.25) is 5.02 Å². The van der Waals surface area contributed by atoms with Crippen molar-refractivity contribution in [1.82, 2.24) is 24.7 Å². The zero-order valence-electron chi connectivity index (χ0n) is 22.2. The predicted octanol–water partition coefficient (Wildman–Crippen LogP) is 5.39. The number of carboxylic acid groups (broad SMARTS) is 1. The first-order valence-electron chi connectivity index (χ1n) is 13.5. The molecule has 1 aromatic carbocycles. The third kappa shape index (κ3) is 6.66. The molecule has 0 aliphatic carbocycles. The predicted molar refractivity (Wildman–Crippen MR) is 151 cm³/mol. The Hall–Kier alpha value is -3.10. The number of benzene rings is 1. The molecule has 2 aromatic heterocycles. The Balaban J connectivity index is 0.00000107. The lowest BCUT2D eigenvalue weighted by Gasteiger charge is -2.35. The highest BCUT2D eigenvalue weighted by molar-refractivity contribution is 6.30. The number of halogens is 1. The van der Waals surface area contributed by atoms with Gasteiger partial charge in [0.05, 0.1) is 11.7 Å². The Morgan fingerprint density at radius 1 is 1.11 bits per heavy atom. The average molecular weight is 540 g/mol. The number of carbonyl (C=O) groups is 2. The van der Waals surface area contributed by atoms with Crippen molar-refractivity contribution in [2.24, 2.45) is 5.92 Å². The van der Waals surface area contributed by atoms with Gasteiger partial charge in [-0.15, -0.1) is 0 Å². The number of hydrogen-bond donors (Lipinski definition) is 2. The van der Waals surface area contributed by atoms with Crippen LogP contribution in [0.15, 0.2) is 48.9 Å². The summed E-state index contributed by atoms with van der Waals surface area (Å²) in [6.45, 7) is 8.94. The molecule has 4 heterocycles. The fraction of sp³-hybridized carbons (Fsp3) is 0.483. The van der Waals surface area contributed by atoms with Gasteiger partial charge in [-0.05, 0) is 100 Å². The number of rotatable bonds is 5. The lowest BCUT2D eigenvalue weighted by molar-refractivity contribution is -0.122. The summed E-state index contributed by atoms with van der Waals surface area (Å²) in [6.07, 6.45) is 10.3. The van der Waals surface area contributed by atoms with Crippen molar-refractivity contribution in [2.45, 2.75) is 51.5 Å². The Morgan fingerprint density at radius 2 is 1.76 bits per heavy atom. The van der Waals surface area contributed by atoms with Gasteiger partial charge in [0, 0.05) is 54.2 Å². The highest BCUT2D eigenvalue weighted by Gasteiger charge is 2.27. The zero-order valence-corrected chi connectivity index (χ0v) is 23.0. The van der Waals surface area contributed by atoms with Gasteiger partial charge in [0.1, 0.15) is 0 Å². The van der Waals surface area contributed by atoms with E-state index in [4.69, 9.17) is 21.5 Å². The van der Waals surface area contributed by atoms with E-state index in [2.05, 4.69) is 45.9 Å². The van der Waals surface area contributed by atoms with Crippen LogP contribution < -0.4 is 5.32 Å². The molecule has 3 aromatic rings. The standard InChI is InChI=1S/C28H36ClN5O.CH2O2/c1-20(2)32-13-8-21(9-14-32)17-31-28(35)33-15-10-22(11-16-33)26-19-34(24-5-3-23(29)4-6-24)27-18-30-12-7-25(26)27;2-1-3/h3-7,12,18-22H,8-11,13-17H2,1-2H3,(H,31,35);1H,(H,2,3). The SMILES string of the molecule is CC(C)N1CCC(CNC(=O)N2CCC(c3cn(-c4ccc(Cl)cc4)c4cnccc34)CC2)CC1.O=CO. The van der Waals surface area contributed by atoms with Crippen LogP contribution in [0.4, 0.5) is 4.79 Å². The molecule has 2 saturated heterocycles. The molecule has 5 rings (SSSR count). The van der Waals surface area contributed by atoms with Crippen LogP contribution in [0.3, 0.4) is 0 Å². The van der Waals surface area contributed by atoms with E-state index < -0.39 is 0 Å². The van der Waals surface area contributed by atoms with Crippen molar-refractivity contribution in [1.29, 1.82) is 0 Å². The highest BCUT2D eigenvalue weighted by Crippen LogP contribution is 2.35.